The number of carbonyl (C=O) groups excluding carboxylic acids is 2. The van der Waals surface area contributed by atoms with Gasteiger partial charge in [-0.15, -0.1) is 0 Å². The highest BCUT2D eigenvalue weighted by molar-refractivity contribution is 6.40. The number of nitrogens with one attached hydrogen (secondary N) is 2. The molecule has 1 fully saturated rings. The number of carbonyl (C=O) groups is 2. The fourth-order valence-corrected chi connectivity index (χ4v) is 4.31. The average Bonchev–Trinajstić information content (AvgIpc) is 3.44. The number of rotatable bonds is 7. The number of anilines is 2. The molecular weight excluding hydrogens is 482 g/mol. The number of nitriles is 1. The molecule has 4 rings (SSSR count). The molecule has 0 saturated carbocycles. The second-order valence-corrected chi connectivity index (χ2v) is 8.65. The summed E-state index contributed by atoms with van der Waals surface area (Å²) >= 11 is 5.96. The Bertz CT molecular complexity index is 1230. The summed E-state index contributed by atoms with van der Waals surface area (Å²) < 4.78 is 10.9. The van der Waals surface area contributed by atoms with Crippen molar-refractivity contribution in [2.75, 3.05) is 50.1 Å². The van der Waals surface area contributed by atoms with E-state index in [9.17, 15) is 14.9 Å². The number of nitrogens with zero attached hydrogens (tertiary/aromatic N) is 3. The summed E-state index contributed by atoms with van der Waals surface area (Å²) in [6, 6.07) is 17.8. The SMILES string of the molecule is COc1ccc(N2CCN(C(CNC(=O)C(=O)Nc3cc(Cl)ccc3C#N)c3ccco3)CC2)cc1. The zero-order valence-corrected chi connectivity index (χ0v) is 20.5. The molecule has 36 heavy (non-hydrogen) atoms. The van der Waals surface area contributed by atoms with Crippen molar-refractivity contribution in [1.29, 1.82) is 5.26 Å². The lowest BCUT2D eigenvalue weighted by molar-refractivity contribution is -0.136. The summed E-state index contributed by atoms with van der Waals surface area (Å²) in [5.74, 6) is -0.173. The number of ether oxygens (including phenoxy) is 1. The fraction of sp³-hybridized carbons (Fsp3) is 0.269. The van der Waals surface area contributed by atoms with Gasteiger partial charge in [0, 0.05) is 43.4 Å². The van der Waals surface area contributed by atoms with Gasteiger partial charge in [0.15, 0.2) is 0 Å². The van der Waals surface area contributed by atoms with Crippen LogP contribution >= 0.6 is 11.6 Å². The van der Waals surface area contributed by atoms with E-state index >= 15 is 0 Å². The van der Waals surface area contributed by atoms with Gasteiger partial charge in [-0.2, -0.15) is 5.26 Å². The van der Waals surface area contributed by atoms with Crippen molar-refractivity contribution in [2.24, 2.45) is 0 Å². The van der Waals surface area contributed by atoms with Crippen LogP contribution in [0.2, 0.25) is 5.02 Å². The Balaban J connectivity index is 1.37. The predicted molar refractivity (Wildman–Crippen MR) is 136 cm³/mol. The Morgan fingerprint density at radius 3 is 2.50 bits per heavy atom. The van der Waals surface area contributed by atoms with E-state index in [1.54, 1.807) is 19.4 Å². The summed E-state index contributed by atoms with van der Waals surface area (Å²) in [4.78, 5) is 29.6. The molecule has 1 unspecified atom stereocenters. The molecule has 2 heterocycles. The zero-order valence-electron chi connectivity index (χ0n) is 19.7. The third-order valence-electron chi connectivity index (χ3n) is 6.08. The van der Waals surface area contributed by atoms with Gasteiger partial charge in [-0.3, -0.25) is 14.5 Å². The van der Waals surface area contributed by atoms with Crippen LogP contribution in [-0.4, -0.2) is 56.5 Å². The minimum absolute atomic E-state index is 0.183. The number of amides is 2. The maximum absolute atomic E-state index is 12.6. The van der Waals surface area contributed by atoms with E-state index < -0.39 is 11.8 Å². The molecular formula is C26H26ClN5O4. The van der Waals surface area contributed by atoms with Crippen molar-refractivity contribution in [3.8, 4) is 11.8 Å². The molecule has 1 aliphatic rings. The highest BCUT2D eigenvalue weighted by Crippen LogP contribution is 2.26. The first kappa shape index (κ1) is 25.1. The van der Waals surface area contributed by atoms with Crippen LogP contribution in [0.25, 0.3) is 0 Å². The maximum Gasteiger partial charge on any atom is 0.313 e. The van der Waals surface area contributed by atoms with Crippen LogP contribution in [-0.2, 0) is 9.59 Å². The van der Waals surface area contributed by atoms with Crippen molar-refractivity contribution in [3.63, 3.8) is 0 Å². The van der Waals surface area contributed by atoms with Crippen LogP contribution < -0.4 is 20.3 Å². The smallest absolute Gasteiger partial charge is 0.313 e. The minimum atomic E-state index is -0.878. The van der Waals surface area contributed by atoms with Crippen LogP contribution in [0.3, 0.4) is 0 Å². The van der Waals surface area contributed by atoms with E-state index in [2.05, 4.69) is 20.4 Å². The standard InChI is InChI=1S/C26H26ClN5O4/c1-35-21-8-6-20(7-9-21)31-10-12-32(13-11-31)23(24-3-2-14-36-24)17-29-25(33)26(34)30-22-15-19(27)5-4-18(22)16-28/h2-9,14-15,23H,10-13,17H2,1H3,(H,29,33)(H,30,34). The van der Waals surface area contributed by atoms with E-state index in [4.69, 9.17) is 20.8 Å². The fourth-order valence-electron chi connectivity index (χ4n) is 4.14. The van der Waals surface area contributed by atoms with Crippen LogP contribution in [0.4, 0.5) is 11.4 Å². The number of benzene rings is 2. The summed E-state index contributed by atoms with van der Waals surface area (Å²) in [7, 11) is 1.64. The maximum atomic E-state index is 12.6. The van der Waals surface area contributed by atoms with Crippen molar-refractivity contribution in [2.45, 2.75) is 6.04 Å². The average molecular weight is 508 g/mol. The summed E-state index contributed by atoms with van der Waals surface area (Å²) in [6.07, 6.45) is 1.59. The molecule has 2 N–H and O–H groups in total. The molecule has 10 heteroatoms. The lowest BCUT2D eigenvalue weighted by atomic mass is 10.1. The highest BCUT2D eigenvalue weighted by atomic mass is 35.5. The number of methoxy groups -OCH3 is 1. The monoisotopic (exact) mass is 507 g/mol. The Morgan fingerprint density at radius 1 is 1.11 bits per heavy atom. The number of furan rings is 1. The Hall–Kier alpha value is -4.00. The van der Waals surface area contributed by atoms with Gasteiger partial charge in [0.2, 0.25) is 0 Å². The number of hydrogen-bond donors (Lipinski definition) is 2. The van der Waals surface area contributed by atoms with Crippen molar-refractivity contribution >= 4 is 34.8 Å². The van der Waals surface area contributed by atoms with E-state index in [0.29, 0.717) is 10.8 Å². The first-order chi connectivity index (χ1) is 17.5. The third kappa shape index (κ3) is 5.97. The molecule has 1 saturated heterocycles. The van der Waals surface area contributed by atoms with Crippen LogP contribution in [0.5, 0.6) is 5.75 Å². The molecule has 3 aromatic rings. The minimum Gasteiger partial charge on any atom is -0.497 e. The lowest BCUT2D eigenvalue weighted by Gasteiger charge is -2.39. The van der Waals surface area contributed by atoms with Gasteiger partial charge in [-0.05, 0) is 54.6 Å². The molecule has 0 spiro atoms. The molecule has 0 aliphatic carbocycles. The van der Waals surface area contributed by atoms with Gasteiger partial charge in [0.25, 0.3) is 0 Å². The van der Waals surface area contributed by atoms with Gasteiger partial charge >= 0.3 is 11.8 Å². The zero-order chi connectivity index (χ0) is 25.5. The second-order valence-electron chi connectivity index (χ2n) is 8.22. The van der Waals surface area contributed by atoms with Gasteiger partial charge < -0.3 is 24.7 Å². The quantitative estimate of drug-likeness (QED) is 0.471. The molecule has 0 bridgehead atoms. The molecule has 186 valence electrons. The van der Waals surface area contributed by atoms with Crippen LogP contribution in [0, 0.1) is 11.3 Å². The van der Waals surface area contributed by atoms with Crippen molar-refractivity contribution in [3.05, 3.63) is 77.2 Å². The summed E-state index contributed by atoms with van der Waals surface area (Å²) in [5.41, 5.74) is 1.51. The molecule has 2 amide bonds. The Labute approximate surface area is 214 Å². The molecule has 1 aliphatic heterocycles. The van der Waals surface area contributed by atoms with E-state index in [0.717, 1.165) is 37.6 Å². The predicted octanol–water partition coefficient (Wildman–Crippen LogP) is 3.43. The summed E-state index contributed by atoms with van der Waals surface area (Å²) in [6.45, 7) is 3.26. The first-order valence-corrected chi connectivity index (χ1v) is 11.8. The van der Waals surface area contributed by atoms with Crippen molar-refractivity contribution < 1.29 is 18.7 Å². The van der Waals surface area contributed by atoms with E-state index in [1.807, 2.05) is 36.4 Å². The third-order valence-corrected chi connectivity index (χ3v) is 6.31. The van der Waals surface area contributed by atoms with Gasteiger partial charge in [-0.25, -0.2) is 0 Å². The van der Waals surface area contributed by atoms with E-state index in [-0.39, 0.29) is 23.8 Å². The summed E-state index contributed by atoms with van der Waals surface area (Å²) in [5, 5.41) is 14.7. The van der Waals surface area contributed by atoms with Crippen molar-refractivity contribution in [1.82, 2.24) is 10.2 Å². The Kier molecular flexibility index (Phi) is 8.10. The number of piperazine rings is 1. The van der Waals surface area contributed by atoms with E-state index in [1.165, 1.54) is 18.2 Å². The molecule has 2 aromatic carbocycles. The number of hydrogen-bond acceptors (Lipinski definition) is 7. The largest absolute Gasteiger partial charge is 0.497 e. The molecule has 1 aromatic heterocycles. The first-order valence-electron chi connectivity index (χ1n) is 11.4. The number of halogens is 1. The molecule has 0 radical (unpaired) electrons. The molecule has 9 nitrogen and oxygen atoms in total. The molecule has 1 atom stereocenters. The Morgan fingerprint density at radius 2 is 1.86 bits per heavy atom. The second kappa shape index (κ2) is 11.6. The highest BCUT2D eigenvalue weighted by Gasteiger charge is 2.28. The lowest BCUT2D eigenvalue weighted by Crippen LogP contribution is -2.50. The topological polar surface area (TPSA) is 111 Å². The normalized spacial score (nSPS) is 14.5. The van der Waals surface area contributed by atoms with Crippen LogP contribution in [0.1, 0.15) is 17.4 Å². The van der Waals surface area contributed by atoms with Gasteiger partial charge in [0.05, 0.1) is 30.7 Å². The van der Waals surface area contributed by atoms with Crippen LogP contribution in [0.15, 0.2) is 65.3 Å². The van der Waals surface area contributed by atoms with Gasteiger partial charge in [0.1, 0.15) is 17.6 Å². The van der Waals surface area contributed by atoms with Gasteiger partial charge in [-0.1, -0.05) is 11.6 Å².